The van der Waals surface area contributed by atoms with E-state index in [2.05, 4.69) is 5.32 Å². The minimum atomic E-state index is -2.78. The molecule has 1 unspecified atom stereocenters. The zero-order valence-electron chi connectivity index (χ0n) is 7.83. The molecule has 1 aliphatic heterocycles. The third-order valence-electron chi connectivity index (χ3n) is 2.92. The Labute approximate surface area is 79.8 Å². The minimum absolute atomic E-state index is 0.0955. The van der Waals surface area contributed by atoms with Crippen LogP contribution in [0.25, 0.3) is 0 Å². The Kier molecular flexibility index (Phi) is 2.60. The van der Waals surface area contributed by atoms with Crippen molar-refractivity contribution in [2.45, 2.75) is 30.9 Å². The van der Waals surface area contributed by atoms with Gasteiger partial charge in [0.2, 0.25) is 0 Å². The molecule has 4 heteroatoms. The van der Waals surface area contributed by atoms with Crippen molar-refractivity contribution in [3.8, 4) is 0 Å². The molecule has 0 aromatic carbocycles. The fraction of sp³-hybridized carbons (Fsp3) is 1.00. The summed E-state index contributed by atoms with van der Waals surface area (Å²) in [5, 5.41) is 3.06. The third kappa shape index (κ3) is 2.44. The predicted molar refractivity (Wildman–Crippen MR) is 52.4 cm³/mol. The molecule has 3 nitrogen and oxygen atoms in total. The molecule has 0 amide bonds. The van der Waals surface area contributed by atoms with Gasteiger partial charge in [-0.05, 0) is 38.1 Å². The maximum absolute atomic E-state index is 11.8. The van der Waals surface area contributed by atoms with Gasteiger partial charge in [0.1, 0.15) is 0 Å². The maximum atomic E-state index is 11.8. The fourth-order valence-corrected chi connectivity index (χ4v) is 4.04. The Morgan fingerprint density at radius 2 is 2.00 bits per heavy atom. The Morgan fingerprint density at radius 1 is 1.23 bits per heavy atom. The Morgan fingerprint density at radius 3 is 2.54 bits per heavy atom. The van der Waals surface area contributed by atoms with Gasteiger partial charge in [-0.1, -0.05) is 0 Å². The highest BCUT2D eigenvalue weighted by Crippen LogP contribution is 2.32. The summed E-state index contributed by atoms with van der Waals surface area (Å²) >= 11 is 0. The molecule has 1 aliphatic carbocycles. The summed E-state index contributed by atoms with van der Waals surface area (Å²) in [5.41, 5.74) is 0. The highest BCUT2D eigenvalue weighted by Gasteiger charge is 2.33. The zero-order chi connectivity index (χ0) is 9.31. The van der Waals surface area contributed by atoms with Crippen molar-refractivity contribution in [2.75, 3.05) is 18.8 Å². The molecule has 1 heterocycles. The molecular weight excluding hydrogens is 186 g/mol. The van der Waals surface area contributed by atoms with Crippen molar-refractivity contribution in [1.29, 1.82) is 0 Å². The molecule has 13 heavy (non-hydrogen) atoms. The van der Waals surface area contributed by atoms with E-state index in [1.165, 1.54) is 0 Å². The zero-order valence-corrected chi connectivity index (χ0v) is 8.65. The van der Waals surface area contributed by atoms with Crippen LogP contribution >= 0.6 is 0 Å². The number of hydrogen-bond acceptors (Lipinski definition) is 3. The lowest BCUT2D eigenvalue weighted by Gasteiger charge is -2.22. The quantitative estimate of drug-likeness (QED) is 0.729. The second kappa shape index (κ2) is 3.58. The number of nitrogens with one attached hydrogen (secondary N) is 1. The van der Waals surface area contributed by atoms with Crippen LogP contribution in [0.4, 0.5) is 0 Å². The molecular formula is C9H17NO2S. The molecule has 76 valence electrons. The minimum Gasteiger partial charge on any atom is -0.315 e. The molecule has 1 saturated carbocycles. The third-order valence-corrected chi connectivity index (χ3v) is 5.28. The van der Waals surface area contributed by atoms with Crippen molar-refractivity contribution >= 4 is 9.84 Å². The van der Waals surface area contributed by atoms with Gasteiger partial charge < -0.3 is 5.32 Å². The van der Waals surface area contributed by atoms with Crippen LogP contribution in [-0.2, 0) is 9.84 Å². The number of sulfone groups is 1. The van der Waals surface area contributed by atoms with Gasteiger partial charge in [-0.2, -0.15) is 0 Å². The van der Waals surface area contributed by atoms with Gasteiger partial charge in [0.05, 0.1) is 11.0 Å². The van der Waals surface area contributed by atoms with Crippen LogP contribution in [0, 0.1) is 5.92 Å². The van der Waals surface area contributed by atoms with Gasteiger partial charge in [0.15, 0.2) is 9.84 Å². The van der Waals surface area contributed by atoms with E-state index in [0.29, 0.717) is 18.2 Å². The van der Waals surface area contributed by atoms with Gasteiger partial charge >= 0.3 is 0 Å². The summed E-state index contributed by atoms with van der Waals surface area (Å²) in [6.07, 6.45) is 4.12. The fourth-order valence-electron chi connectivity index (χ4n) is 1.88. The molecule has 0 radical (unpaired) electrons. The first-order valence-corrected chi connectivity index (χ1v) is 6.82. The molecule has 2 aliphatic rings. The Bertz CT molecular complexity index is 263. The summed E-state index contributed by atoms with van der Waals surface area (Å²) in [7, 11) is -2.78. The summed E-state index contributed by atoms with van der Waals surface area (Å²) in [6, 6.07) is 0. The van der Waals surface area contributed by atoms with E-state index in [4.69, 9.17) is 0 Å². The van der Waals surface area contributed by atoms with Gasteiger partial charge in [-0.3, -0.25) is 0 Å². The molecule has 1 N–H and O–H groups in total. The van der Waals surface area contributed by atoms with Crippen molar-refractivity contribution in [3.63, 3.8) is 0 Å². The van der Waals surface area contributed by atoms with Crippen LogP contribution in [0.5, 0.6) is 0 Å². The monoisotopic (exact) mass is 203 g/mol. The lowest BCUT2D eigenvalue weighted by atomic mass is 10.2. The van der Waals surface area contributed by atoms with E-state index in [9.17, 15) is 8.42 Å². The largest absolute Gasteiger partial charge is 0.315 e. The Hall–Kier alpha value is -0.0900. The van der Waals surface area contributed by atoms with Crippen LogP contribution in [0.2, 0.25) is 0 Å². The Balaban J connectivity index is 1.95. The van der Waals surface area contributed by atoms with E-state index < -0.39 is 9.84 Å². The van der Waals surface area contributed by atoms with Gasteiger partial charge in [-0.25, -0.2) is 8.42 Å². The van der Waals surface area contributed by atoms with E-state index >= 15 is 0 Å². The van der Waals surface area contributed by atoms with Gasteiger partial charge in [0, 0.05) is 6.54 Å². The van der Waals surface area contributed by atoms with Crippen molar-refractivity contribution in [2.24, 2.45) is 5.92 Å². The predicted octanol–water partition coefficient (Wildman–Crippen LogP) is 0.563. The van der Waals surface area contributed by atoms with Crippen LogP contribution in [0.3, 0.4) is 0 Å². The summed E-state index contributed by atoms with van der Waals surface area (Å²) in [5.74, 6) is 0.936. The normalized spacial score (nSPS) is 30.3. The standard InChI is InChI=1S/C9H17NO2S/c11-13(12,7-8-3-4-8)9-2-1-5-10-6-9/h8-10H,1-7H2. The summed E-state index contributed by atoms with van der Waals surface area (Å²) in [6.45, 7) is 1.66. The number of rotatable bonds is 3. The van der Waals surface area contributed by atoms with Crippen molar-refractivity contribution < 1.29 is 8.42 Å². The highest BCUT2D eigenvalue weighted by atomic mass is 32.2. The molecule has 0 bridgehead atoms. The van der Waals surface area contributed by atoms with Crippen LogP contribution in [0.1, 0.15) is 25.7 Å². The van der Waals surface area contributed by atoms with E-state index in [1.54, 1.807) is 0 Å². The summed E-state index contributed by atoms with van der Waals surface area (Å²) < 4.78 is 23.6. The summed E-state index contributed by atoms with van der Waals surface area (Å²) in [4.78, 5) is 0. The number of piperidine rings is 1. The molecule has 2 rings (SSSR count). The number of hydrogen-bond donors (Lipinski definition) is 1. The second-order valence-corrected chi connectivity index (χ2v) is 6.57. The van der Waals surface area contributed by atoms with Crippen LogP contribution in [0.15, 0.2) is 0 Å². The van der Waals surface area contributed by atoms with E-state index in [1.807, 2.05) is 0 Å². The maximum Gasteiger partial charge on any atom is 0.154 e. The lowest BCUT2D eigenvalue weighted by molar-refractivity contribution is 0.495. The lowest BCUT2D eigenvalue weighted by Crippen LogP contribution is -2.40. The molecule has 1 atom stereocenters. The first-order valence-electron chi connectivity index (χ1n) is 5.11. The average Bonchev–Trinajstić information content (AvgIpc) is 2.89. The molecule has 0 aromatic heterocycles. The second-order valence-electron chi connectivity index (χ2n) is 4.24. The van der Waals surface area contributed by atoms with Crippen LogP contribution < -0.4 is 5.32 Å². The molecule has 2 fully saturated rings. The van der Waals surface area contributed by atoms with Crippen LogP contribution in [-0.4, -0.2) is 32.5 Å². The SMILES string of the molecule is O=S(=O)(CC1CC1)C1CCCNC1. The first-order chi connectivity index (χ1) is 6.18. The van der Waals surface area contributed by atoms with E-state index in [-0.39, 0.29) is 5.25 Å². The van der Waals surface area contributed by atoms with E-state index in [0.717, 1.165) is 32.2 Å². The molecule has 0 aromatic rings. The molecule has 0 spiro atoms. The van der Waals surface area contributed by atoms with Gasteiger partial charge in [-0.15, -0.1) is 0 Å². The van der Waals surface area contributed by atoms with Crippen molar-refractivity contribution in [1.82, 2.24) is 5.32 Å². The smallest absolute Gasteiger partial charge is 0.154 e. The van der Waals surface area contributed by atoms with Gasteiger partial charge in [0.25, 0.3) is 0 Å². The topological polar surface area (TPSA) is 46.2 Å². The highest BCUT2D eigenvalue weighted by molar-refractivity contribution is 7.92. The first kappa shape index (κ1) is 9.46. The van der Waals surface area contributed by atoms with Crippen molar-refractivity contribution in [3.05, 3.63) is 0 Å². The average molecular weight is 203 g/mol. The molecule has 1 saturated heterocycles.